The zero-order valence-corrected chi connectivity index (χ0v) is 16.5. The minimum Gasteiger partial charge on any atom is -0.497 e. The van der Waals surface area contributed by atoms with Crippen LogP contribution in [0.4, 0.5) is 5.69 Å². The van der Waals surface area contributed by atoms with Crippen LogP contribution in [-0.4, -0.2) is 15.5 Å². The molecule has 0 radical (unpaired) electrons. The van der Waals surface area contributed by atoms with E-state index in [1.165, 1.54) is 19.2 Å². The Morgan fingerprint density at radius 1 is 0.724 bits per heavy atom. The van der Waals surface area contributed by atoms with Crippen molar-refractivity contribution in [2.24, 2.45) is 0 Å². The topological polar surface area (TPSA) is 64.6 Å². The molecule has 5 nitrogen and oxygen atoms in total. The number of nitrogens with one attached hydrogen (secondary N) is 1. The minimum absolute atomic E-state index is 0.161. The number of methoxy groups -OCH3 is 1. The number of fused-ring (bicyclic) bond motifs is 1. The zero-order valence-electron chi connectivity index (χ0n) is 15.7. The van der Waals surface area contributed by atoms with E-state index >= 15 is 0 Å². The van der Waals surface area contributed by atoms with Gasteiger partial charge < -0.3 is 9.47 Å². The van der Waals surface area contributed by atoms with E-state index in [2.05, 4.69) is 4.72 Å². The second kappa shape index (κ2) is 7.85. The van der Waals surface area contributed by atoms with Crippen molar-refractivity contribution in [3.63, 3.8) is 0 Å². The lowest BCUT2D eigenvalue weighted by molar-refractivity contribution is 0.414. The number of sulfonamides is 1. The molecular formula is C23H19NO4S. The van der Waals surface area contributed by atoms with E-state index in [-0.39, 0.29) is 4.90 Å². The van der Waals surface area contributed by atoms with E-state index in [1.807, 2.05) is 42.5 Å². The highest BCUT2D eigenvalue weighted by Crippen LogP contribution is 2.30. The Hall–Kier alpha value is -3.51. The zero-order chi connectivity index (χ0) is 20.3. The third-order valence-corrected chi connectivity index (χ3v) is 5.85. The van der Waals surface area contributed by atoms with Gasteiger partial charge in [-0.15, -0.1) is 0 Å². The van der Waals surface area contributed by atoms with Crippen molar-refractivity contribution in [1.82, 2.24) is 0 Å². The quantitative estimate of drug-likeness (QED) is 0.464. The fraction of sp³-hybridized carbons (Fsp3) is 0.0435. The first-order chi connectivity index (χ1) is 14.0. The summed E-state index contributed by atoms with van der Waals surface area (Å²) in [5, 5.41) is 2.10. The molecule has 0 spiro atoms. The molecule has 0 fully saturated rings. The molecule has 0 amide bonds. The van der Waals surface area contributed by atoms with E-state index in [0.717, 1.165) is 16.5 Å². The van der Waals surface area contributed by atoms with Crippen molar-refractivity contribution in [2.75, 3.05) is 11.8 Å². The molecule has 0 unspecified atom stereocenters. The van der Waals surface area contributed by atoms with Crippen molar-refractivity contribution in [1.29, 1.82) is 0 Å². The van der Waals surface area contributed by atoms with Crippen molar-refractivity contribution in [3.8, 4) is 17.2 Å². The number of rotatable bonds is 6. The summed E-state index contributed by atoms with van der Waals surface area (Å²) < 4.78 is 38.7. The summed E-state index contributed by atoms with van der Waals surface area (Å²) in [5.74, 6) is 1.96. The van der Waals surface area contributed by atoms with Gasteiger partial charge in [-0.25, -0.2) is 8.42 Å². The summed E-state index contributed by atoms with van der Waals surface area (Å²) in [6, 6.07) is 26.9. The second-order valence-corrected chi connectivity index (χ2v) is 8.07. The first-order valence-electron chi connectivity index (χ1n) is 8.98. The second-order valence-electron chi connectivity index (χ2n) is 6.38. The maximum Gasteiger partial charge on any atom is 0.261 e. The number of hydrogen-bond acceptors (Lipinski definition) is 4. The predicted molar refractivity (Wildman–Crippen MR) is 114 cm³/mol. The standard InChI is InChI=1S/C23H19NO4S/c1-27-19-13-15-21(16-14-19)29(25,26)24-18-9-11-20(12-10-18)28-23-8-4-6-17-5-2-3-7-22(17)23/h2-16,24H,1H3. The van der Waals surface area contributed by atoms with Crippen LogP contribution in [0.15, 0.2) is 95.9 Å². The lowest BCUT2D eigenvalue weighted by Crippen LogP contribution is -2.12. The summed E-state index contributed by atoms with van der Waals surface area (Å²) in [5.41, 5.74) is 0.450. The summed E-state index contributed by atoms with van der Waals surface area (Å²) >= 11 is 0. The van der Waals surface area contributed by atoms with Gasteiger partial charge in [-0.05, 0) is 60.0 Å². The van der Waals surface area contributed by atoms with Crippen LogP contribution in [0.5, 0.6) is 17.2 Å². The molecule has 4 aromatic rings. The highest BCUT2D eigenvalue weighted by atomic mass is 32.2. The van der Waals surface area contributed by atoms with Crippen LogP contribution in [0, 0.1) is 0 Å². The highest BCUT2D eigenvalue weighted by Gasteiger charge is 2.14. The van der Waals surface area contributed by atoms with Crippen LogP contribution in [0.2, 0.25) is 0 Å². The first-order valence-corrected chi connectivity index (χ1v) is 10.5. The number of anilines is 1. The van der Waals surface area contributed by atoms with Gasteiger partial charge in [0.2, 0.25) is 0 Å². The van der Waals surface area contributed by atoms with E-state index in [9.17, 15) is 8.42 Å². The van der Waals surface area contributed by atoms with Gasteiger partial charge in [0.1, 0.15) is 17.2 Å². The van der Waals surface area contributed by atoms with Crippen LogP contribution in [-0.2, 0) is 10.0 Å². The Balaban J connectivity index is 1.51. The fourth-order valence-corrected chi connectivity index (χ4v) is 4.03. The van der Waals surface area contributed by atoms with E-state index in [4.69, 9.17) is 9.47 Å². The van der Waals surface area contributed by atoms with Gasteiger partial charge in [0.25, 0.3) is 10.0 Å². The van der Waals surface area contributed by atoms with Crippen molar-refractivity contribution >= 4 is 26.5 Å². The van der Waals surface area contributed by atoms with E-state index in [0.29, 0.717) is 17.2 Å². The molecular weight excluding hydrogens is 386 g/mol. The Morgan fingerprint density at radius 3 is 2.10 bits per heavy atom. The highest BCUT2D eigenvalue weighted by molar-refractivity contribution is 7.92. The van der Waals surface area contributed by atoms with Gasteiger partial charge in [0.05, 0.1) is 12.0 Å². The summed E-state index contributed by atoms with van der Waals surface area (Å²) in [4.78, 5) is 0.161. The van der Waals surface area contributed by atoms with E-state index < -0.39 is 10.0 Å². The normalized spacial score (nSPS) is 11.2. The molecule has 4 aromatic carbocycles. The molecule has 0 aliphatic carbocycles. The number of ether oxygens (including phenoxy) is 2. The van der Waals surface area contributed by atoms with Gasteiger partial charge in [-0.1, -0.05) is 36.4 Å². The van der Waals surface area contributed by atoms with Gasteiger partial charge in [0.15, 0.2) is 0 Å². The number of hydrogen-bond donors (Lipinski definition) is 1. The van der Waals surface area contributed by atoms with Crippen LogP contribution in [0.3, 0.4) is 0 Å². The summed E-state index contributed by atoms with van der Waals surface area (Å²) in [6.07, 6.45) is 0. The average Bonchev–Trinajstić information content (AvgIpc) is 2.75. The first kappa shape index (κ1) is 18.8. The molecule has 29 heavy (non-hydrogen) atoms. The number of benzene rings is 4. The summed E-state index contributed by atoms with van der Waals surface area (Å²) in [6.45, 7) is 0. The van der Waals surface area contributed by atoms with Crippen molar-refractivity contribution < 1.29 is 17.9 Å². The summed E-state index contributed by atoms with van der Waals surface area (Å²) in [7, 11) is -2.15. The lowest BCUT2D eigenvalue weighted by Gasteiger charge is -2.11. The van der Waals surface area contributed by atoms with Crippen LogP contribution >= 0.6 is 0 Å². The maximum absolute atomic E-state index is 12.5. The van der Waals surface area contributed by atoms with Crippen LogP contribution in [0.25, 0.3) is 10.8 Å². The third kappa shape index (κ3) is 4.17. The smallest absolute Gasteiger partial charge is 0.261 e. The monoisotopic (exact) mass is 405 g/mol. The molecule has 0 bridgehead atoms. The average molecular weight is 405 g/mol. The molecule has 0 heterocycles. The lowest BCUT2D eigenvalue weighted by atomic mass is 10.1. The minimum atomic E-state index is -3.69. The van der Waals surface area contributed by atoms with Crippen LogP contribution < -0.4 is 14.2 Å². The Bertz CT molecular complexity index is 1230. The molecule has 1 N–H and O–H groups in total. The molecule has 4 rings (SSSR count). The van der Waals surface area contributed by atoms with E-state index in [1.54, 1.807) is 36.4 Å². The Kier molecular flexibility index (Phi) is 5.10. The fourth-order valence-electron chi connectivity index (χ4n) is 2.97. The molecule has 0 saturated carbocycles. The van der Waals surface area contributed by atoms with Gasteiger partial charge in [0, 0.05) is 11.1 Å². The molecule has 0 aliphatic rings. The van der Waals surface area contributed by atoms with Gasteiger partial charge in [-0.3, -0.25) is 4.72 Å². The molecule has 0 aliphatic heterocycles. The predicted octanol–water partition coefficient (Wildman–Crippen LogP) is 5.44. The van der Waals surface area contributed by atoms with Gasteiger partial charge >= 0.3 is 0 Å². The van der Waals surface area contributed by atoms with Gasteiger partial charge in [-0.2, -0.15) is 0 Å². The molecule has 146 valence electrons. The van der Waals surface area contributed by atoms with Crippen molar-refractivity contribution in [2.45, 2.75) is 4.90 Å². The third-order valence-electron chi connectivity index (χ3n) is 4.45. The molecule has 0 saturated heterocycles. The SMILES string of the molecule is COc1ccc(S(=O)(=O)Nc2ccc(Oc3cccc4ccccc34)cc2)cc1. The Morgan fingerprint density at radius 2 is 1.38 bits per heavy atom. The van der Waals surface area contributed by atoms with Crippen molar-refractivity contribution in [3.05, 3.63) is 91.0 Å². The maximum atomic E-state index is 12.5. The molecule has 0 atom stereocenters. The molecule has 6 heteroatoms. The molecule has 0 aromatic heterocycles. The Labute approximate surface area is 169 Å². The van der Waals surface area contributed by atoms with Crippen LogP contribution in [0.1, 0.15) is 0 Å². The largest absolute Gasteiger partial charge is 0.497 e.